The van der Waals surface area contributed by atoms with E-state index in [1.165, 1.54) is 27.4 Å². The maximum atomic E-state index is 3.30. The van der Waals surface area contributed by atoms with E-state index in [9.17, 15) is 0 Å². The molecule has 0 spiro atoms. The molecule has 0 amide bonds. The Morgan fingerprint density at radius 3 is 1.86 bits per heavy atom. The van der Waals surface area contributed by atoms with Crippen molar-refractivity contribution < 1.29 is 25.8 Å². The van der Waals surface area contributed by atoms with Gasteiger partial charge in [0.25, 0.3) is 0 Å². The van der Waals surface area contributed by atoms with Gasteiger partial charge in [-0.25, -0.2) is 12.1 Å². The first kappa shape index (κ1) is 29.9. The first-order valence-corrected chi connectivity index (χ1v) is 9.17. The van der Waals surface area contributed by atoms with Crippen molar-refractivity contribution in [1.29, 1.82) is 0 Å². The normalized spacial score (nSPS) is 9.00. The summed E-state index contributed by atoms with van der Waals surface area (Å²) < 4.78 is 0. The van der Waals surface area contributed by atoms with E-state index in [-0.39, 0.29) is 58.1 Å². The van der Waals surface area contributed by atoms with Crippen LogP contribution in [0.1, 0.15) is 11.1 Å². The molecule has 0 aliphatic heterocycles. The van der Waals surface area contributed by atoms with Gasteiger partial charge in [-0.05, 0) is 6.42 Å². The molecule has 0 aromatic heterocycles. The molecule has 5 rings (SSSR count). The minimum Gasteiger partial charge on any atom is -0.358 e. The molecule has 0 saturated heterocycles. The van der Waals surface area contributed by atoms with E-state index in [0.717, 1.165) is 6.42 Å². The summed E-state index contributed by atoms with van der Waals surface area (Å²) in [7, 11) is 1.90. The maximum absolute atomic E-state index is 3.30. The Bertz CT molecular complexity index is 833. The van der Waals surface area contributed by atoms with Crippen LogP contribution >= 0.6 is 24.8 Å². The molecule has 0 atom stereocenters. The Labute approximate surface area is 210 Å². The minimum absolute atomic E-state index is 0. The second-order valence-corrected chi connectivity index (χ2v) is 6.66. The van der Waals surface area contributed by atoms with Crippen molar-refractivity contribution in [3.63, 3.8) is 0 Å². The van der Waals surface area contributed by atoms with Gasteiger partial charge >= 0.3 is 0 Å². The predicted octanol–water partition coefficient (Wildman–Crippen LogP) is 5.70. The molecule has 0 fully saturated rings. The van der Waals surface area contributed by atoms with Crippen molar-refractivity contribution >= 4 is 40.2 Å². The fourth-order valence-electron chi connectivity index (χ4n) is 2.80. The SMILES string of the molecule is Cl.Cl.[CH3-].[Hf].[SiH2]c1ccccc1.[c-]1cccc2c1Cc1ccccc1-2.c1cc[cH-]c1. The number of hydrogen-bond donors (Lipinski definition) is 0. The molecule has 0 nitrogen and oxygen atoms in total. The van der Waals surface area contributed by atoms with E-state index in [2.05, 4.69) is 54.6 Å². The van der Waals surface area contributed by atoms with E-state index in [4.69, 9.17) is 0 Å². The van der Waals surface area contributed by atoms with Gasteiger partial charge in [0, 0.05) is 36.1 Å². The van der Waals surface area contributed by atoms with E-state index in [1.807, 2.05) is 64.8 Å². The molecule has 1 aliphatic carbocycles. The van der Waals surface area contributed by atoms with Gasteiger partial charge in [-0.15, -0.1) is 30.4 Å². The Hall–Kier alpha value is -1.32. The van der Waals surface area contributed by atoms with Crippen LogP contribution in [-0.4, -0.2) is 10.2 Å². The van der Waals surface area contributed by atoms with Gasteiger partial charge in [-0.1, -0.05) is 70.9 Å². The first-order chi connectivity index (χ1) is 12.3. The number of halogens is 2. The summed E-state index contributed by atoms with van der Waals surface area (Å²) in [6.45, 7) is 0. The molecule has 1 radical (unpaired) electrons. The molecule has 4 aromatic rings. The van der Waals surface area contributed by atoms with Crippen LogP contribution in [0.2, 0.25) is 0 Å². The van der Waals surface area contributed by atoms with Gasteiger partial charge in [0.2, 0.25) is 0 Å². The van der Waals surface area contributed by atoms with Gasteiger partial charge in [0.15, 0.2) is 0 Å². The number of benzene rings is 3. The number of hydrogen-bond acceptors (Lipinski definition) is 0. The Morgan fingerprint density at radius 1 is 0.724 bits per heavy atom. The average Bonchev–Trinajstić information content (AvgIpc) is 3.34. The number of rotatable bonds is 0. The van der Waals surface area contributed by atoms with Crippen LogP contribution in [0.25, 0.3) is 11.1 Å². The van der Waals surface area contributed by atoms with E-state index in [1.54, 1.807) is 0 Å². The summed E-state index contributed by atoms with van der Waals surface area (Å²) in [5.74, 6) is 0. The van der Waals surface area contributed by atoms with Crippen LogP contribution in [-0.2, 0) is 32.3 Å². The zero-order valence-electron chi connectivity index (χ0n) is 16.5. The monoisotopic (exact) mass is 604 g/mol. The smallest absolute Gasteiger partial charge is 0.0477 e. The van der Waals surface area contributed by atoms with Crippen LogP contribution in [0.3, 0.4) is 0 Å². The van der Waals surface area contributed by atoms with Crippen LogP contribution in [0.15, 0.2) is 103 Å². The molecule has 151 valence electrons. The third kappa shape index (κ3) is 9.35. The second-order valence-electron chi connectivity index (χ2n) is 5.84. The van der Waals surface area contributed by atoms with Gasteiger partial charge in [-0.3, -0.25) is 0 Å². The summed E-state index contributed by atoms with van der Waals surface area (Å²) in [6, 6.07) is 38.4. The summed E-state index contributed by atoms with van der Waals surface area (Å²) >= 11 is 0. The van der Waals surface area contributed by atoms with Gasteiger partial charge in [0.1, 0.15) is 0 Å². The van der Waals surface area contributed by atoms with Crippen molar-refractivity contribution in [2.24, 2.45) is 0 Å². The van der Waals surface area contributed by atoms with E-state index in [0.29, 0.717) is 0 Å². The van der Waals surface area contributed by atoms with Crippen LogP contribution < -0.4 is 5.19 Å². The molecule has 0 N–H and O–H groups in total. The van der Waals surface area contributed by atoms with Crippen molar-refractivity contribution in [3.8, 4) is 11.1 Å². The van der Waals surface area contributed by atoms with Crippen LogP contribution in [0.5, 0.6) is 0 Å². The molecular weight excluding hydrogens is 578 g/mol. The average molecular weight is 604 g/mol. The Balaban J connectivity index is 0. The summed E-state index contributed by atoms with van der Waals surface area (Å²) in [5, 5.41) is 1.35. The zero-order chi connectivity index (χ0) is 17.3. The fourth-order valence-corrected chi connectivity index (χ4v) is 3.07. The summed E-state index contributed by atoms with van der Waals surface area (Å²) in [6.07, 6.45) is 1.05. The third-order valence-corrected chi connectivity index (χ3v) is 4.49. The van der Waals surface area contributed by atoms with Crippen LogP contribution in [0, 0.1) is 13.5 Å². The molecule has 0 unspecified atom stereocenters. The van der Waals surface area contributed by atoms with E-state index < -0.39 is 0 Å². The topological polar surface area (TPSA) is 0 Å². The zero-order valence-corrected chi connectivity index (χ0v) is 23.2. The molecular formula is C25H26Cl2HfSi-3. The first-order valence-electron chi connectivity index (χ1n) is 8.46. The molecule has 0 bridgehead atoms. The standard InChI is InChI=1S/C13H9.C6H7Si.C5H5.CH3.2ClH.Hf/c1-3-7-12-10(5-1)9-11-6-2-4-8-13(11)12;7-6-4-2-1-3-5-6;1-2-4-5-3-1;;;;/h1-5,7-8H,9H2;1-5H,7H2;1-5H;1H3;2*1H;/q-1;;2*-1;;;. The Kier molecular flexibility index (Phi) is 17.0. The molecule has 4 heteroatoms. The summed E-state index contributed by atoms with van der Waals surface area (Å²) in [5.41, 5.74) is 5.51. The van der Waals surface area contributed by atoms with Gasteiger partial charge in [0.05, 0.1) is 0 Å². The Morgan fingerprint density at radius 2 is 1.31 bits per heavy atom. The third-order valence-electron chi connectivity index (χ3n) is 4.01. The molecule has 1 aliphatic rings. The van der Waals surface area contributed by atoms with Gasteiger partial charge < -0.3 is 7.43 Å². The molecule has 29 heavy (non-hydrogen) atoms. The molecule has 0 heterocycles. The maximum Gasteiger partial charge on any atom is 0.0477 e. The van der Waals surface area contributed by atoms with Crippen molar-refractivity contribution in [2.45, 2.75) is 6.42 Å². The minimum atomic E-state index is 0. The molecule has 0 saturated carbocycles. The van der Waals surface area contributed by atoms with Gasteiger partial charge in [-0.2, -0.15) is 48.0 Å². The van der Waals surface area contributed by atoms with Crippen molar-refractivity contribution in [1.82, 2.24) is 0 Å². The number of fused-ring (bicyclic) bond motifs is 3. The molecule has 4 aromatic carbocycles. The van der Waals surface area contributed by atoms with Crippen molar-refractivity contribution in [3.05, 3.63) is 128 Å². The van der Waals surface area contributed by atoms with Crippen molar-refractivity contribution in [2.75, 3.05) is 0 Å². The largest absolute Gasteiger partial charge is 0.358 e. The van der Waals surface area contributed by atoms with E-state index >= 15 is 0 Å². The quantitative estimate of drug-likeness (QED) is 0.157. The second kappa shape index (κ2) is 16.5. The predicted molar refractivity (Wildman–Crippen MR) is 131 cm³/mol. The summed E-state index contributed by atoms with van der Waals surface area (Å²) in [4.78, 5) is 0. The fraction of sp³-hybridized carbons (Fsp3) is 0.0400. The van der Waals surface area contributed by atoms with Crippen LogP contribution in [0.4, 0.5) is 0 Å².